The van der Waals surface area contributed by atoms with Crippen LogP contribution in [0.15, 0.2) is 34.7 Å². The first kappa shape index (κ1) is 19.4. The van der Waals surface area contributed by atoms with Gasteiger partial charge in [0, 0.05) is 13.0 Å². The molecule has 2 rings (SSSR count). The van der Waals surface area contributed by atoms with E-state index in [0.29, 0.717) is 22.4 Å². The first-order chi connectivity index (χ1) is 12.2. The first-order valence-corrected chi connectivity index (χ1v) is 10.0. The van der Waals surface area contributed by atoms with E-state index in [4.69, 9.17) is 0 Å². The maximum absolute atomic E-state index is 11.9. The molecule has 0 spiro atoms. The molecule has 0 unspecified atom stereocenters. The zero-order valence-electron chi connectivity index (χ0n) is 14.2. The number of hydrogen-bond acceptors (Lipinski definition) is 6. The molecule has 1 aromatic carbocycles. The quantitative estimate of drug-likeness (QED) is 0.490. The molecule has 0 saturated heterocycles. The topological polar surface area (TPSA) is 84.0 Å². The minimum Gasteiger partial charge on any atom is -0.355 e. The lowest BCUT2D eigenvalue weighted by Crippen LogP contribution is -2.27. The van der Waals surface area contributed by atoms with Crippen molar-refractivity contribution in [1.82, 2.24) is 15.5 Å². The van der Waals surface area contributed by atoms with Gasteiger partial charge in [0.15, 0.2) is 4.34 Å². The van der Waals surface area contributed by atoms with Crippen molar-refractivity contribution in [1.29, 1.82) is 0 Å². The van der Waals surface area contributed by atoms with Crippen LogP contribution in [0.3, 0.4) is 0 Å². The summed E-state index contributed by atoms with van der Waals surface area (Å²) in [6.07, 6.45) is 3.13. The van der Waals surface area contributed by atoms with E-state index >= 15 is 0 Å². The van der Waals surface area contributed by atoms with E-state index in [2.05, 4.69) is 20.8 Å². The fourth-order valence-electron chi connectivity index (χ4n) is 2.01. The molecule has 1 heterocycles. The van der Waals surface area contributed by atoms with Crippen LogP contribution in [-0.2, 0) is 16.0 Å². The summed E-state index contributed by atoms with van der Waals surface area (Å²) in [5, 5.41) is 14.0. The summed E-state index contributed by atoms with van der Waals surface area (Å²) in [7, 11) is 0. The molecular weight excluding hydrogens is 356 g/mol. The first-order valence-electron chi connectivity index (χ1n) is 8.24. The summed E-state index contributed by atoms with van der Waals surface area (Å²) >= 11 is 2.61. The molecule has 134 valence electrons. The van der Waals surface area contributed by atoms with Crippen LogP contribution in [0.5, 0.6) is 0 Å². The largest absolute Gasteiger partial charge is 0.355 e. The van der Waals surface area contributed by atoms with Gasteiger partial charge in [-0.05, 0) is 18.4 Å². The van der Waals surface area contributed by atoms with Crippen molar-refractivity contribution in [3.05, 3.63) is 35.9 Å². The van der Waals surface area contributed by atoms with Gasteiger partial charge in [-0.2, -0.15) is 0 Å². The van der Waals surface area contributed by atoms with Gasteiger partial charge in [0.25, 0.3) is 0 Å². The number of carbonyl (C=O) groups is 2. The lowest BCUT2D eigenvalue weighted by molar-refractivity contribution is -0.118. The molecule has 2 amide bonds. The number of carbonyl (C=O) groups excluding carboxylic acids is 2. The molecule has 2 N–H and O–H groups in total. The number of hydrogen-bond donors (Lipinski definition) is 2. The van der Waals surface area contributed by atoms with Crippen molar-refractivity contribution in [3.63, 3.8) is 0 Å². The number of benzene rings is 1. The Bertz CT molecular complexity index is 676. The highest BCUT2D eigenvalue weighted by Crippen LogP contribution is 2.25. The Labute approximate surface area is 155 Å². The van der Waals surface area contributed by atoms with Crippen molar-refractivity contribution in [2.75, 3.05) is 17.6 Å². The van der Waals surface area contributed by atoms with E-state index in [9.17, 15) is 9.59 Å². The van der Waals surface area contributed by atoms with Crippen molar-refractivity contribution < 1.29 is 9.59 Å². The van der Waals surface area contributed by atoms with Gasteiger partial charge < -0.3 is 10.6 Å². The third-order valence-electron chi connectivity index (χ3n) is 3.32. The van der Waals surface area contributed by atoms with E-state index in [1.807, 2.05) is 37.3 Å². The Balaban J connectivity index is 1.65. The third-order valence-corrected chi connectivity index (χ3v) is 5.29. The molecule has 6 nitrogen and oxygen atoms in total. The Morgan fingerprint density at radius 1 is 1.16 bits per heavy atom. The Kier molecular flexibility index (Phi) is 8.41. The second kappa shape index (κ2) is 10.8. The number of nitrogens with one attached hydrogen (secondary N) is 2. The highest BCUT2D eigenvalue weighted by atomic mass is 32.2. The van der Waals surface area contributed by atoms with Gasteiger partial charge in [0.2, 0.25) is 16.9 Å². The average molecular weight is 379 g/mol. The van der Waals surface area contributed by atoms with Crippen LogP contribution in [0.2, 0.25) is 0 Å². The molecule has 0 bridgehead atoms. The molecule has 2 aromatic rings. The standard InChI is InChI=1S/C17H22N4O2S2/c1-2-3-9-14(22)19-16-20-21-17(25-16)24-12-15(23)18-11-10-13-7-5-4-6-8-13/h4-8H,2-3,9-12H2,1H3,(H,18,23)(H,19,20,22). The van der Waals surface area contributed by atoms with Gasteiger partial charge in [-0.15, -0.1) is 10.2 Å². The van der Waals surface area contributed by atoms with Gasteiger partial charge in [-0.1, -0.05) is 66.8 Å². The zero-order valence-corrected chi connectivity index (χ0v) is 15.8. The number of thioether (sulfide) groups is 1. The van der Waals surface area contributed by atoms with Crippen LogP contribution >= 0.6 is 23.1 Å². The predicted molar refractivity (Wildman–Crippen MR) is 102 cm³/mol. The monoisotopic (exact) mass is 378 g/mol. The normalized spacial score (nSPS) is 10.4. The van der Waals surface area contributed by atoms with E-state index in [1.165, 1.54) is 28.7 Å². The van der Waals surface area contributed by atoms with Gasteiger partial charge in [-0.25, -0.2) is 0 Å². The van der Waals surface area contributed by atoms with Crippen LogP contribution in [0, 0.1) is 0 Å². The maximum atomic E-state index is 11.9. The van der Waals surface area contributed by atoms with E-state index in [1.54, 1.807) is 0 Å². The van der Waals surface area contributed by atoms with Gasteiger partial charge in [-0.3, -0.25) is 9.59 Å². The van der Waals surface area contributed by atoms with Gasteiger partial charge >= 0.3 is 0 Å². The zero-order chi connectivity index (χ0) is 17.9. The summed E-state index contributed by atoms with van der Waals surface area (Å²) in [5.41, 5.74) is 1.20. The summed E-state index contributed by atoms with van der Waals surface area (Å²) in [5.74, 6) is 0.200. The molecule has 1 aromatic heterocycles. The lowest BCUT2D eigenvalue weighted by atomic mass is 10.1. The molecule has 0 fully saturated rings. The Morgan fingerprint density at radius 3 is 2.72 bits per heavy atom. The molecule has 0 atom stereocenters. The molecule has 0 saturated carbocycles. The van der Waals surface area contributed by atoms with Crippen LogP contribution in [0.1, 0.15) is 31.7 Å². The molecule has 0 aliphatic carbocycles. The second-order valence-electron chi connectivity index (χ2n) is 5.40. The number of nitrogens with zero attached hydrogens (tertiary/aromatic N) is 2. The number of aromatic nitrogens is 2. The fourth-order valence-corrected chi connectivity index (χ4v) is 3.61. The van der Waals surface area contributed by atoms with Crippen LogP contribution in [0.25, 0.3) is 0 Å². The highest BCUT2D eigenvalue weighted by molar-refractivity contribution is 8.01. The van der Waals surface area contributed by atoms with Crippen LogP contribution < -0.4 is 10.6 Å². The Hall–Kier alpha value is -1.93. The van der Waals surface area contributed by atoms with Crippen molar-refractivity contribution >= 4 is 40.0 Å². The molecule has 0 aliphatic rings. The molecule has 8 heteroatoms. The van der Waals surface area contributed by atoms with Crippen molar-refractivity contribution in [3.8, 4) is 0 Å². The lowest BCUT2D eigenvalue weighted by Gasteiger charge is -2.04. The minimum atomic E-state index is -0.0480. The third kappa shape index (κ3) is 7.66. The number of anilines is 1. The molecular formula is C17H22N4O2S2. The second-order valence-corrected chi connectivity index (χ2v) is 7.60. The van der Waals surface area contributed by atoms with Crippen LogP contribution in [-0.4, -0.2) is 34.3 Å². The van der Waals surface area contributed by atoms with E-state index < -0.39 is 0 Å². The smallest absolute Gasteiger partial charge is 0.230 e. The molecule has 0 radical (unpaired) electrons. The fraction of sp³-hybridized carbons (Fsp3) is 0.412. The summed E-state index contributed by atoms with van der Waals surface area (Å²) < 4.78 is 0.670. The van der Waals surface area contributed by atoms with Gasteiger partial charge in [0.05, 0.1) is 5.75 Å². The summed E-state index contributed by atoms with van der Waals surface area (Å²) in [6.45, 7) is 2.65. The minimum absolute atomic E-state index is 0.0373. The average Bonchev–Trinajstić information content (AvgIpc) is 3.06. The SMILES string of the molecule is CCCCC(=O)Nc1nnc(SCC(=O)NCCc2ccccc2)s1. The molecule has 25 heavy (non-hydrogen) atoms. The maximum Gasteiger partial charge on any atom is 0.230 e. The Morgan fingerprint density at radius 2 is 1.96 bits per heavy atom. The van der Waals surface area contributed by atoms with Crippen molar-refractivity contribution in [2.24, 2.45) is 0 Å². The number of rotatable bonds is 10. The highest BCUT2D eigenvalue weighted by Gasteiger charge is 2.10. The van der Waals surface area contributed by atoms with Crippen LogP contribution in [0.4, 0.5) is 5.13 Å². The summed E-state index contributed by atoms with van der Waals surface area (Å²) in [4.78, 5) is 23.5. The van der Waals surface area contributed by atoms with Gasteiger partial charge in [0.1, 0.15) is 0 Å². The van der Waals surface area contributed by atoms with Crippen molar-refractivity contribution in [2.45, 2.75) is 36.9 Å². The predicted octanol–water partition coefficient (Wildman–Crippen LogP) is 3.12. The number of unbranched alkanes of at least 4 members (excludes halogenated alkanes) is 1. The van der Waals surface area contributed by atoms with E-state index in [0.717, 1.165) is 19.3 Å². The molecule has 0 aliphatic heterocycles. The summed E-state index contributed by atoms with van der Waals surface area (Å²) in [6, 6.07) is 10.0. The number of amides is 2. The van der Waals surface area contributed by atoms with E-state index in [-0.39, 0.29) is 17.6 Å².